The molecule has 0 aromatic carbocycles. The average Bonchev–Trinajstić information content (AvgIpc) is 2.17. The molecular formula is C11H27NO6. The number of aliphatic hydroxyl groups excluding tert-OH is 3. The van der Waals surface area contributed by atoms with E-state index in [1.54, 1.807) is 0 Å². The Bertz CT molecular complexity index is 156. The second kappa shape index (κ2) is 18.6. The predicted molar refractivity (Wildman–Crippen MR) is 68.1 cm³/mol. The summed E-state index contributed by atoms with van der Waals surface area (Å²) >= 11 is 0. The van der Waals surface area contributed by atoms with Crippen LogP contribution < -0.4 is 0 Å². The van der Waals surface area contributed by atoms with Gasteiger partial charge < -0.3 is 30.4 Å². The van der Waals surface area contributed by atoms with Crippen LogP contribution >= 0.6 is 0 Å². The topological polar surface area (TPSA) is 121 Å². The van der Waals surface area contributed by atoms with Crippen molar-refractivity contribution in [3.63, 3.8) is 0 Å². The van der Waals surface area contributed by atoms with Gasteiger partial charge in [-0.1, -0.05) is 13.3 Å². The third-order valence-corrected chi connectivity index (χ3v) is 1.51. The molecule has 0 aromatic rings. The van der Waals surface area contributed by atoms with E-state index in [4.69, 9.17) is 30.3 Å². The summed E-state index contributed by atoms with van der Waals surface area (Å²) in [5, 5.41) is 40.3. The first-order valence-corrected chi connectivity index (χ1v) is 5.77. The van der Waals surface area contributed by atoms with Crippen molar-refractivity contribution >= 4 is 5.97 Å². The highest BCUT2D eigenvalue weighted by Crippen LogP contribution is 1.88. The number of nitrogens with zero attached hydrogens (tertiary/aromatic N) is 1. The molecule has 0 aliphatic heterocycles. The minimum atomic E-state index is -1.10. The molecule has 0 unspecified atom stereocenters. The van der Waals surface area contributed by atoms with Gasteiger partial charge in [0.2, 0.25) is 0 Å². The largest absolute Gasteiger partial charge is 0.481 e. The lowest BCUT2D eigenvalue weighted by atomic mass is 10.3. The summed E-state index contributed by atoms with van der Waals surface area (Å²) in [4.78, 5) is 10.9. The molecule has 0 heterocycles. The summed E-state index contributed by atoms with van der Waals surface area (Å²) in [5.41, 5.74) is 0. The fraction of sp³-hybridized carbons (Fsp3) is 0.909. The van der Waals surface area contributed by atoms with Crippen molar-refractivity contribution in [2.24, 2.45) is 0 Å². The number of hydrogen-bond acceptors (Lipinski definition) is 6. The maximum Gasteiger partial charge on any atom is 0.300 e. The molecule has 0 saturated carbocycles. The van der Waals surface area contributed by atoms with Crippen LogP contribution in [0.5, 0.6) is 0 Å². The number of hydrogen-bond donors (Lipinski definition) is 5. The second-order valence-corrected chi connectivity index (χ2v) is 3.54. The lowest BCUT2D eigenvalue weighted by molar-refractivity contribution is -0.134. The van der Waals surface area contributed by atoms with Crippen LogP contribution in [0, 0.1) is 0 Å². The average molecular weight is 269 g/mol. The Balaban J connectivity index is -0.000000200. The Morgan fingerprint density at radius 3 is 1.61 bits per heavy atom. The summed E-state index contributed by atoms with van der Waals surface area (Å²) in [6, 6.07) is 0. The van der Waals surface area contributed by atoms with Gasteiger partial charge in [-0.15, -0.1) is 0 Å². The fourth-order valence-corrected chi connectivity index (χ4v) is 0.711. The minimum absolute atomic E-state index is 0.163. The molecule has 7 heteroatoms. The SMILES string of the molecule is CC(=O)O.CCCC(O)O.CN(CCO)CCO. The normalized spacial score (nSPS) is 9.39. The van der Waals surface area contributed by atoms with Gasteiger partial charge in [-0.25, -0.2) is 0 Å². The monoisotopic (exact) mass is 269 g/mol. The van der Waals surface area contributed by atoms with Crippen molar-refractivity contribution in [2.75, 3.05) is 33.4 Å². The van der Waals surface area contributed by atoms with Gasteiger partial charge in [-0.2, -0.15) is 0 Å². The number of rotatable bonds is 6. The Labute approximate surface area is 108 Å². The zero-order valence-corrected chi connectivity index (χ0v) is 11.4. The van der Waals surface area contributed by atoms with Crippen LogP contribution in [0.1, 0.15) is 26.7 Å². The van der Waals surface area contributed by atoms with E-state index in [0.717, 1.165) is 13.3 Å². The molecule has 5 N–H and O–H groups in total. The van der Waals surface area contributed by atoms with Crippen molar-refractivity contribution in [1.82, 2.24) is 4.90 Å². The van der Waals surface area contributed by atoms with E-state index < -0.39 is 12.3 Å². The van der Waals surface area contributed by atoms with Gasteiger partial charge in [0.15, 0.2) is 6.29 Å². The van der Waals surface area contributed by atoms with Gasteiger partial charge in [0, 0.05) is 20.0 Å². The predicted octanol–water partition coefficient (Wildman–Crippen LogP) is -0.909. The van der Waals surface area contributed by atoms with Crippen molar-refractivity contribution in [1.29, 1.82) is 0 Å². The van der Waals surface area contributed by atoms with E-state index in [-0.39, 0.29) is 13.2 Å². The quantitative estimate of drug-likeness (QED) is 0.396. The minimum Gasteiger partial charge on any atom is -0.481 e. The van der Waals surface area contributed by atoms with Crippen LogP contribution in [-0.4, -0.2) is 76.0 Å². The lowest BCUT2D eigenvalue weighted by Crippen LogP contribution is -2.25. The lowest BCUT2D eigenvalue weighted by Gasteiger charge is -2.11. The number of carbonyl (C=O) groups is 1. The third kappa shape index (κ3) is 45.5. The van der Waals surface area contributed by atoms with Crippen molar-refractivity contribution in [2.45, 2.75) is 33.0 Å². The fourth-order valence-electron chi connectivity index (χ4n) is 0.711. The molecule has 18 heavy (non-hydrogen) atoms. The van der Waals surface area contributed by atoms with E-state index >= 15 is 0 Å². The van der Waals surface area contributed by atoms with Crippen LogP contribution in [-0.2, 0) is 4.79 Å². The van der Waals surface area contributed by atoms with Gasteiger partial charge in [0.1, 0.15) is 0 Å². The maximum absolute atomic E-state index is 9.00. The standard InChI is InChI=1S/C5H13NO2.C4H10O2.C2H4O2/c1-6(2-4-7)3-5-8;1-2-3-4(5)6;1-2(3)4/h7-8H,2-5H2,1H3;4-6H,2-3H2,1H3;1H3,(H,3,4). The Hall–Kier alpha value is -0.730. The van der Waals surface area contributed by atoms with E-state index in [0.29, 0.717) is 19.5 Å². The van der Waals surface area contributed by atoms with Crippen LogP contribution in [0.2, 0.25) is 0 Å². The molecule has 0 saturated heterocycles. The highest BCUT2D eigenvalue weighted by molar-refractivity contribution is 5.62. The Kier molecular flexibility index (Phi) is 23.2. The molecule has 0 atom stereocenters. The molecule has 0 amide bonds. The highest BCUT2D eigenvalue weighted by Gasteiger charge is 1.91. The van der Waals surface area contributed by atoms with Gasteiger partial charge >= 0.3 is 0 Å². The number of carboxylic acids is 1. The first kappa shape index (κ1) is 22.5. The second-order valence-electron chi connectivity index (χ2n) is 3.54. The van der Waals surface area contributed by atoms with Gasteiger partial charge in [0.05, 0.1) is 13.2 Å². The molecule has 0 aliphatic carbocycles. The molecule has 112 valence electrons. The first-order valence-electron chi connectivity index (χ1n) is 5.77. The smallest absolute Gasteiger partial charge is 0.300 e. The van der Waals surface area contributed by atoms with Crippen LogP contribution in [0.15, 0.2) is 0 Å². The highest BCUT2D eigenvalue weighted by atomic mass is 16.5. The van der Waals surface area contributed by atoms with E-state index in [1.165, 1.54) is 0 Å². The third-order valence-electron chi connectivity index (χ3n) is 1.51. The van der Waals surface area contributed by atoms with Crippen LogP contribution in [0.3, 0.4) is 0 Å². The van der Waals surface area contributed by atoms with Crippen molar-refractivity contribution in [3.05, 3.63) is 0 Å². The maximum atomic E-state index is 9.00. The first-order chi connectivity index (χ1) is 8.31. The van der Waals surface area contributed by atoms with Gasteiger partial charge in [-0.05, 0) is 13.5 Å². The summed E-state index contributed by atoms with van der Waals surface area (Å²) in [6.07, 6.45) is 0.215. The molecule has 0 bridgehead atoms. The molecule has 7 nitrogen and oxygen atoms in total. The van der Waals surface area contributed by atoms with Crippen LogP contribution in [0.4, 0.5) is 0 Å². The number of aliphatic carboxylic acids is 1. The molecule has 0 spiro atoms. The Morgan fingerprint density at radius 1 is 1.17 bits per heavy atom. The van der Waals surface area contributed by atoms with E-state index in [9.17, 15) is 0 Å². The molecule has 0 rings (SSSR count). The summed E-state index contributed by atoms with van der Waals surface area (Å²) < 4.78 is 0. The number of aliphatic hydroxyl groups is 4. The summed E-state index contributed by atoms with van der Waals surface area (Å²) in [6.45, 7) is 4.59. The number of carboxylic acid groups (broad SMARTS) is 1. The van der Waals surface area contributed by atoms with Crippen LogP contribution in [0.25, 0.3) is 0 Å². The molecule has 0 radical (unpaired) electrons. The van der Waals surface area contributed by atoms with Crippen molar-refractivity contribution in [3.8, 4) is 0 Å². The molecular weight excluding hydrogens is 242 g/mol. The Morgan fingerprint density at radius 2 is 1.50 bits per heavy atom. The molecule has 0 aliphatic rings. The zero-order chi connectivity index (χ0) is 15.0. The summed E-state index contributed by atoms with van der Waals surface area (Å²) in [5.74, 6) is -0.833. The van der Waals surface area contributed by atoms with Gasteiger partial charge in [0.25, 0.3) is 5.97 Å². The number of likely N-dealkylation sites (N-methyl/N-ethyl adjacent to an activating group) is 1. The summed E-state index contributed by atoms with van der Waals surface area (Å²) in [7, 11) is 1.85. The van der Waals surface area contributed by atoms with E-state index in [1.807, 2.05) is 18.9 Å². The molecule has 0 aromatic heterocycles. The van der Waals surface area contributed by atoms with E-state index in [2.05, 4.69) is 0 Å². The van der Waals surface area contributed by atoms with Crippen molar-refractivity contribution < 1.29 is 30.3 Å². The molecule has 0 fully saturated rings. The van der Waals surface area contributed by atoms with Gasteiger partial charge in [-0.3, -0.25) is 4.79 Å². The zero-order valence-electron chi connectivity index (χ0n) is 11.4.